The van der Waals surface area contributed by atoms with Crippen molar-refractivity contribution in [1.82, 2.24) is 15.5 Å². The van der Waals surface area contributed by atoms with Gasteiger partial charge in [-0.2, -0.15) is 0 Å². The van der Waals surface area contributed by atoms with Crippen LogP contribution in [0.3, 0.4) is 0 Å². The van der Waals surface area contributed by atoms with E-state index >= 15 is 0 Å². The number of benzene rings is 1. The van der Waals surface area contributed by atoms with Crippen LogP contribution in [-0.4, -0.2) is 35.8 Å². The van der Waals surface area contributed by atoms with Crippen molar-refractivity contribution in [3.05, 3.63) is 48.0 Å². The van der Waals surface area contributed by atoms with Gasteiger partial charge in [-0.05, 0) is 24.0 Å². The average Bonchev–Trinajstić information content (AvgIpc) is 2.77. The molecule has 6 heteroatoms. The summed E-state index contributed by atoms with van der Waals surface area (Å²) in [5, 5.41) is 5.25. The zero-order valence-corrected chi connectivity index (χ0v) is 14.3. The van der Waals surface area contributed by atoms with Crippen molar-refractivity contribution in [2.45, 2.75) is 32.2 Å². The van der Waals surface area contributed by atoms with Crippen molar-refractivity contribution in [2.75, 3.05) is 13.1 Å². The Hall–Kier alpha value is -2.63. The molecular formula is C18H23N3O3. The van der Waals surface area contributed by atoms with Crippen LogP contribution in [-0.2, 0) is 15.1 Å². The second-order valence-corrected chi connectivity index (χ2v) is 6.32. The van der Waals surface area contributed by atoms with Gasteiger partial charge in [-0.25, -0.2) is 4.79 Å². The molecule has 1 aliphatic heterocycles. The lowest BCUT2D eigenvalue weighted by Gasteiger charge is -2.22. The van der Waals surface area contributed by atoms with Gasteiger partial charge in [0.05, 0.1) is 0 Å². The molecule has 4 amide bonds. The van der Waals surface area contributed by atoms with Crippen LogP contribution in [0.2, 0.25) is 0 Å². The highest BCUT2D eigenvalue weighted by atomic mass is 16.2. The molecule has 0 radical (unpaired) electrons. The van der Waals surface area contributed by atoms with E-state index < -0.39 is 23.4 Å². The van der Waals surface area contributed by atoms with Crippen molar-refractivity contribution in [3.63, 3.8) is 0 Å². The number of rotatable bonds is 6. The van der Waals surface area contributed by atoms with Crippen LogP contribution in [0, 0.1) is 0 Å². The van der Waals surface area contributed by atoms with Gasteiger partial charge < -0.3 is 10.6 Å². The van der Waals surface area contributed by atoms with Crippen molar-refractivity contribution < 1.29 is 14.4 Å². The first-order chi connectivity index (χ1) is 11.3. The molecule has 1 saturated heterocycles. The van der Waals surface area contributed by atoms with E-state index in [1.165, 1.54) is 6.08 Å². The van der Waals surface area contributed by atoms with Crippen molar-refractivity contribution in [3.8, 4) is 0 Å². The topological polar surface area (TPSA) is 78.5 Å². The second kappa shape index (κ2) is 6.86. The van der Waals surface area contributed by atoms with Crippen molar-refractivity contribution >= 4 is 17.8 Å². The van der Waals surface area contributed by atoms with Crippen LogP contribution in [0.25, 0.3) is 0 Å². The fraction of sp³-hybridized carbons (Fsp3) is 0.389. The van der Waals surface area contributed by atoms with E-state index in [-0.39, 0.29) is 13.1 Å². The van der Waals surface area contributed by atoms with Crippen molar-refractivity contribution in [2.24, 2.45) is 0 Å². The molecule has 24 heavy (non-hydrogen) atoms. The Morgan fingerprint density at radius 2 is 1.96 bits per heavy atom. The number of nitrogens with one attached hydrogen (secondary N) is 2. The van der Waals surface area contributed by atoms with Gasteiger partial charge >= 0.3 is 6.03 Å². The molecule has 0 aliphatic carbocycles. The summed E-state index contributed by atoms with van der Waals surface area (Å²) < 4.78 is 0. The van der Waals surface area contributed by atoms with Gasteiger partial charge in [0.15, 0.2) is 0 Å². The quantitative estimate of drug-likeness (QED) is 0.618. The number of urea groups is 1. The molecule has 1 fully saturated rings. The largest absolute Gasteiger partial charge is 0.351 e. The third-order valence-electron chi connectivity index (χ3n) is 4.17. The molecule has 2 rings (SSSR count). The Morgan fingerprint density at radius 3 is 2.50 bits per heavy atom. The molecule has 0 aromatic heterocycles. The molecule has 1 atom stereocenters. The number of amides is 4. The van der Waals surface area contributed by atoms with Gasteiger partial charge in [0.25, 0.3) is 5.91 Å². The van der Waals surface area contributed by atoms with Gasteiger partial charge in [-0.15, -0.1) is 6.58 Å². The van der Waals surface area contributed by atoms with E-state index in [9.17, 15) is 14.4 Å². The third-order valence-corrected chi connectivity index (χ3v) is 4.17. The Kier molecular flexibility index (Phi) is 5.07. The fourth-order valence-corrected chi connectivity index (χ4v) is 2.62. The molecule has 1 aromatic carbocycles. The van der Waals surface area contributed by atoms with Gasteiger partial charge in [0.2, 0.25) is 5.91 Å². The Bertz CT molecular complexity index is 667. The lowest BCUT2D eigenvalue weighted by molar-refractivity contribution is -0.134. The maximum atomic E-state index is 12.7. The SMILES string of the molecule is C=CCNC(=O)CN1C(=O)NC(C)(c2ccc(C(C)C)cc2)C1=O. The maximum Gasteiger partial charge on any atom is 0.325 e. The van der Waals surface area contributed by atoms with Gasteiger partial charge in [-0.3, -0.25) is 14.5 Å². The zero-order valence-electron chi connectivity index (χ0n) is 14.3. The highest BCUT2D eigenvalue weighted by Gasteiger charge is 2.49. The van der Waals surface area contributed by atoms with E-state index in [4.69, 9.17) is 0 Å². The standard InChI is InChI=1S/C18H23N3O3/c1-5-10-19-15(22)11-21-16(23)18(4,20-17(21)24)14-8-6-13(7-9-14)12(2)3/h5-9,12H,1,10-11H2,2-4H3,(H,19,22)(H,20,24). The van der Waals surface area contributed by atoms with Crippen LogP contribution < -0.4 is 10.6 Å². The summed E-state index contributed by atoms with van der Waals surface area (Å²) in [7, 11) is 0. The molecule has 0 saturated carbocycles. The molecule has 0 spiro atoms. The minimum Gasteiger partial charge on any atom is -0.351 e. The molecule has 1 aliphatic rings. The monoisotopic (exact) mass is 329 g/mol. The van der Waals surface area contributed by atoms with Crippen molar-refractivity contribution in [1.29, 1.82) is 0 Å². The predicted molar refractivity (Wildman–Crippen MR) is 91.3 cm³/mol. The lowest BCUT2D eigenvalue weighted by Crippen LogP contribution is -2.43. The fourth-order valence-electron chi connectivity index (χ4n) is 2.62. The van der Waals surface area contributed by atoms with Gasteiger partial charge in [-0.1, -0.05) is 44.2 Å². The second-order valence-electron chi connectivity index (χ2n) is 6.32. The first-order valence-corrected chi connectivity index (χ1v) is 7.91. The number of imide groups is 1. The summed E-state index contributed by atoms with van der Waals surface area (Å²) in [5.41, 5.74) is 0.685. The third kappa shape index (κ3) is 3.32. The molecule has 1 unspecified atom stereocenters. The summed E-state index contributed by atoms with van der Waals surface area (Å²) in [6.07, 6.45) is 1.53. The zero-order chi connectivity index (χ0) is 17.9. The lowest BCUT2D eigenvalue weighted by atomic mass is 9.90. The maximum absolute atomic E-state index is 12.7. The van der Waals surface area contributed by atoms with Crippen LogP contribution in [0.4, 0.5) is 4.79 Å². The first-order valence-electron chi connectivity index (χ1n) is 7.91. The summed E-state index contributed by atoms with van der Waals surface area (Å²) in [6.45, 7) is 9.31. The minimum atomic E-state index is -1.16. The highest BCUT2D eigenvalue weighted by molar-refractivity contribution is 6.09. The van der Waals surface area contributed by atoms with E-state index in [1.807, 2.05) is 24.3 Å². The normalized spacial score (nSPS) is 20.2. The molecular weight excluding hydrogens is 306 g/mol. The summed E-state index contributed by atoms with van der Waals surface area (Å²) in [5.74, 6) is -0.456. The van der Waals surface area contributed by atoms with Gasteiger partial charge in [0.1, 0.15) is 12.1 Å². The highest BCUT2D eigenvalue weighted by Crippen LogP contribution is 2.29. The Labute approximate surface area is 141 Å². The van der Waals surface area contributed by atoms with Crippen LogP contribution in [0.5, 0.6) is 0 Å². The number of carbonyl (C=O) groups excluding carboxylic acids is 3. The average molecular weight is 329 g/mol. The number of hydrogen-bond donors (Lipinski definition) is 2. The van der Waals surface area contributed by atoms with E-state index in [0.29, 0.717) is 11.5 Å². The molecule has 0 bridgehead atoms. The van der Waals surface area contributed by atoms with E-state index in [0.717, 1.165) is 10.5 Å². The number of carbonyl (C=O) groups is 3. The van der Waals surface area contributed by atoms with Crippen LogP contribution in [0.1, 0.15) is 37.8 Å². The van der Waals surface area contributed by atoms with E-state index in [2.05, 4.69) is 31.1 Å². The molecule has 1 aromatic rings. The Morgan fingerprint density at radius 1 is 1.33 bits per heavy atom. The number of hydrogen-bond acceptors (Lipinski definition) is 3. The predicted octanol–water partition coefficient (Wildman–Crippen LogP) is 1.88. The molecule has 2 N–H and O–H groups in total. The first kappa shape index (κ1) is 17.7. The summed E-state index contributed by atoms with van der Waals surface area (Å²) in [6, 6.07) is 7.02. The van der Waals surface area contributed by atoms with Crippen LogP contribution in [0.15, 0.2) is 36.9 Å². The summed E-state index contributed by atoms with van der Waals surface area (Å²) in [4.78, 5) is 37.6. The van der Waals surface area contributed by atoms with Crippen LogP contribution >= 0.6 is 0 Å². The smallest absolute Gasteiger partial charge is 0.325 e. The molecule has 1 heterocycles. The molecule has 6 nitrogen and oxygen atoms in total. The van der Waals surface area contributed by atoms with Gasteiger partial charge in [0, 0.05) is 6.54 Å². The van der Waals surface area contributed by atoms with E-state index in [1.54, 1.807) is 6.92 Å². The summed E-state index contributed by atoms with van der Waals surface area (Å²) >= 11 is 0. The molecule has 128 valence electrons. The minimum absolute atomic E-state index is 0.288. The Balaban J connectivity index is 2.19. The number of nitrogens with zero attached hydrogens (tertiary/aromatic N) is 1.